The summed E-state index contributed by atoms with van der Waals surface area (Å²) in [5.74, 6) is -0.944. The molecular weight excluding hydrogens is 1360 g/mol. The van der Waals surface area contributed by atoms with Gasteiger partial charge in [-0.15, -0.1) is 45.3 Å². The molecule has 12 rings (SSSR count). The molecule has 0 unspecified atom stereocenters. The summed E-state index contributed by atoms with van der Waals surface area (Å²) in [6.07, 6.45) is 9.81. The van der Waals surface area contributed by atoms with Gasteiger partial charge in [0.05, 0.1) is 108 Å². The van der Waals surface area contributed by atoms with Crippen molar-refractivity contribution in [1.82, 2.24) is 54.6 Å². The van der Waals surface area contributed by atoms with E-state index in [9.17, 15) is 44.1 Å². The van der Waals surface area contributed by atoms with Crippen molar-refractivity contribution in [2.45, 2.75) is 188 Å². The average molecular weight is 1460 g/mol. The van der Waals surface area contributed by atoms with Gasteiger partial charge >= 0.3 is 0 Å². The van der Waals surface area contributed by atoms with Gasteiger partial charge in [-0.3, -0.25) is 38.7 Å². The molecule has 9 aromatic rings. The van der Waals surface area contributed by atoms with Crippen LogP contribution < -0.4 is 0 Å². The minimum Gasteiger partial charge on any atom is -0.391 e. The lowest BCUT2D eigenvalue weighted by atomic mass is 9.90. The first-order valence-electron chi connectivity index (χ1n) is 35.0. The van der Waals surface area contributed by atoms with Crippen molar-refractivity contribution in [3.63, 3.8) is 0 Å². The number of aliphatic hydroxyl groups is 3. The molecule has 3 amide bonds. The Balaban J connectivity index is 0.000000165. The van der Waals surface area contributed by atoms with Gasteiger partial charge < -0.3 is 35.0 Å². The number of aryl methyl sites for hydroxylation is 8. The number of H-pyrrole nitrogens is 1. The third-order valence-corrected chi connectivity index (χ3v) is 23.3. The number of carbonyl (C=O) groups excluding carboxylic acids is 6. The van der Waals surface area contributed by atoms with Gasteiger partial charge in [-0.1, -0.05) is 114 Å². The van der Waals surface area contributed by atoms with Crippen LogP contribution in [0, 0.1) is 52.4 Å². The molecule has 9 atom stereocenters. The van der Waals surface area contributed by atoms with Crippen LogP contribution in [0.1, 0.15) is 159 Å². The number of Topliss-reactive ketones (excluding diaryl/α,β-unsaturated/α-hetero) is 3. The van der Waals surface area contributed by atoms with Crippen LogP contribution in [0.25, 0.3) is 31.3 Å². The Morgan fingerprint density at radius 2 is 0.833 bits per heavy atom. The molecule has 3 aliphatic heterocycles. The second-order valence-electron chi connectivity index (χ2n) is 28.0. The minimum atomic E-state index is -0.700. The van der Waals surface area contributed by atoms with Crippen molar-refractivity contribution in [1.29, 1.82) is 0 Å². The second kappa shape index (κ2) is 34.8. The second-order valence-corrected chi connectivity index (χ2v) is 31.8. The first kappa shape index (κ1) is 76.4. The predicted molar refractivity (Wildman–Crippen MR) is 400 cm³/mol. The number of aromatic amines is 1. The molecule has 102 heavy (non-hydrogen) atoms. The number of carbonyl (C=O) groups is 6. The molecule has 3 saturated heterocycles. The molecule has 3 aliphatic rings. The number of benzene rings is 3. The summed E-state index contributed by atoms with van der Waals surface area (Å²) in [7, 11) is 0. The highest BCUT2D eigenvalue weighted by molar-refractivity contribution is 7.14. The highest BCUT2D eigenvalue weighted by Crippen LogP contribution is 2.37. The van der Waals surface area contributed by atoms with Gasteiger partial charge in [0.15, 0.2) is 17.3 Å². The van der Waals surface area contributed by atoms with Crippen LogP contribution in [0.15, 0.2) is 120 Å². The number of imidazole rings is 1. The SMILES string of the molecule is Cc1cnc([C@H](C(=O)N2C[C@H](O)C[C@H]2C(=O)CCc2ccc(-c3scnc3C)cc2)C(C)C)s1.Cc1ncc([C@H](C(=O)N2C[C@H](O)C[C@H]2C(=O)CCc2ccc(-c3scnc3C)cc2)C(C)C)[nH]1.Cc1ncsc1-c1ccc(CCC(=O)[C@@H]2C[C@@H](O)CN2C(=O)[C@@H](c2cnccn2)C(C)C)cc1. The minimum absolute atomic E-state index is 0.00410. The third kappa shape index (κ3) is 18.8. The molecule has 9 heterocycles. The molecule has 0 aliphatic carbocycles. The summed E-state index contributed by atoms with van der Waals surface area (Å²) in [6.45, 7) is 22.3. The Hall–Kier alpha value is -8.23. The molecule has 24 heteroatoms. The maximum atomic E-state index is 13.5. The van der Waals surface area contributed by atoms with E-state index in [0.29, 0.717) is 57.1 Å². The van der Waals surface area contributed by atoms with Crippen LogP contribution in [0.5, 0.6) is 0 Å². The number of rotatable bonds is 24. The Bertz CT molecular complexity index is 4120. The van der Waals surface area contributed by atoms with Gasteiger partial charge in [0.1, 0.15) is 10.8 Å². The largest absolute Gasteiger partial charge is 0.391 e. The highest BCUT2D eigenvalue weighted by Gasteiger charge is 2.45. The number of amides is 3. The predicted octanol–water partition coefficient (Wildman–Crippen LogP) is 12.7. The van der Waals surface area contributed by atoms with Crippen LogP contribution >= 0.6 is 45.3 Å². The van der Waals surface area contributed by atoms with Crippen LogP contribution in [0.3, 0.4) is 0 Å². The van der Waals surface area contributed by atoms with E-state index >= 15 is 0 Å². The van der Waals surface area contributed by atoms with Crippen molar-refractivity contribution in [3.8, 4) is 31.3 Å². The van der Waals surface area contributed by atoms with Crippen LogP contribution in [-0.4, -0.2) is 161 Å². The number of ketones is 3. The molecule has 3 aromatic carbocycles. The van der Waals surface area contributed by atoms with E-state index in [1.54, 1.807) is 79.7 Å². The summed E-state index contributed by atoms with van der Waals surface area (Å²) in [5.41, 5.74) is 16.5. The molecule has 4 N–H and O–H groups in total. The van der Waals surface area contributed by atoms with Crippen molar-refractivity contribution in [2.24, 2.45) is 17.8 Å². The van der Waals surface area contributed by atoms with E-state index in [0.717, 1.165) is 86.5 Å². The number of nitrogens with zero attached hydrogens (tertiary/aromatic N) is 10. The number of aliphatic hydroxyl groups excluding tert-OH is 3. The third-order valence-electron chi connectivity index (χ3n) is 19.3. The number of hydrogen-bond donors (Lipinski definition) is 4. The summed E-state index contributed by atoms with van der Waals surface area (Å²) in [6, 6.07) is 22.9. The zero-order valence-electron chi connectivity index (χ0n) is 59.9. The summed E-state index contributed by atoms with van der Waals surface area (Å²) in [4.78, 5) is 123. The number of aromatic nitrogens is 8. The lowest BCUT2D eigenvalue weighted by Gasteiger charge is -2.29. The molecule has 538 valence electrons. The number of likely N-dealkylation sites (tertiary alicyclic amines) is 3. The zero-order valence-corrected chi connectivity index (χ0v) is 63.1. The number of hydrogen-bond acceptors (Lipinski definition) is 20. The summed E-state index contributed by atoms with van der Waals surface area (Å²) >= 11 is 6.37. The lowest BCUT2D eigenvalue weighted by Crippen LogP contribution is -2.44. The number of nitrogens with one attached hydrogen (secondary N) is 1. The van der Waals surface area contributed by atoms with Crippen molar-refractivity contribution >= 4 is 80.4 Å². The smallest absolute Gasteiger partial charge is 0.233 e. The van der Waals surface area contributed by atoms with Gasteiger partial charge in [0, 0.05) is 99.7 Å². The van der Waals surface area contributed by atoms with E-state index in [-0.39, 0.29) is 78.9 Å². The van der Waals surface area contributed by atoms with Gasteiger partial charge in [-0.2, -0.15) is 0 Å². The fraction of sp³-hybridized carbons (Fsp3) is 0.449. The van der Waals surface area contributed by atoms with Crippen LogP contribution in [0.4, 0.5) is 0 Å². The Morgan fingerprint density at radius 3 is 1.14 bits per heavy atom. The lowest BCUT2D eigenvalue weighted by molar-refractivity contribution is -0.140. The van der Waals surface area contributed by atoms with E-state index in [1.807, 2.05) is 129 Å². The summed E-state index contributed by atoms with van der Waals surface area (Å²) in [5, 5.41) is 31.7. The monoisotopic (exact) mass is 1460 g/mol. The molecular formula is C78H93N11O9S4. The normalized spacial score (nSPS) is 19.0. The van der Waals surface area contributed by atoms with Gasteiger partial charge in [0.25, 0.3) is 0 Å². The van der Waals surface area contributed by atoms with Crippen molar-refractivity contribution in [2.75, 3.05) is 19.6 Å². The first-order chi connectivity index (χ1) is 48.8. The maximum Gasteiger partial charge on any atom is 0.233 e. The highest BCUT2D eigenvalue weighted by atomic mass is 32.1. The van der Waals surface area contributed by atoms with Gasteiger partial charge in [-0.05, 0) is 105 Å². The summed E-state index contributed by atoms with van der Waals surface area (Å²) < 4.78 is 0. The molecule has 3 fully saturated rings. The standard InChI is InChI=1S/C26H32N4O3S.C26H30N4O3S.C26H31N3O3S2/c1-15(2)24(21-12-27-17(4)29-21)26(33)30-13-20(31)11-22(30)23(32)10-7-18-5-8-19(9-6-18)25-16(3)28-14-34-25;1-16(2)24(21-13-27-10-11-28-21)26(33)30-14-20(31)12-22(30)23(32)9-6-18-4-7-19(8-5-18)25-17(3)29-15-34-25;1-15(2)23(25-27-12-16(3)34-25)26(32)29-13-20(30)11-21(29)22(31)10-7-18-5-8-19(9-6-18)24-17(4)28-14-33-24/h5-6,8-9,12,14-15,20,22,24,31H,7,10-11,13H2,1-4H3,(H,27,29);4-5,7-8,10-11,13,15-16,20,22,24,31H,6,9,12,14H2,1-3H3;5-6,8-9,12,14-15,20-21,23,30H,7,10-11,13H2,1-4H3/t2*20-,22+,24-;20-,21+,23-/m111/s1. The number of β-amino-alcohol motifs (C(OH)–C–C–N with tert-alkyl or cyclic N) is 3. The first-order valence-corrected chi connectivity index (χ1v) is 38.5. The quantitative estimate of drug-likeness (QED) is 0.0437. The average Bonchev–Trinajstić information content (AvgIpc) is 1.68. The maximum absolute atomic E-state index is 13.5. The van der Waals surface area contributed by atoms with E-state index in [2.05, 4.69) is 76.3 Å². The van der Waals surface area contributed by atoms with Crippen molar-refractivity contribution < 1.29 is 44.1 Å². The Morgan fingerprint density at radius 1 is 0.461 bits per heavy atom. The Labute approximate surface area is 613 Å². The van der Waals surface area contributed by atoms with E-state index in [1.165, 1.54) is 11.3 Å². The number of thiazole rings is 4. The topological polar surface area (TPSA) is 279 Å². The molecule has 0 radical (unpaired) electrons. The van der Waals surface area contributed by atoms with E-state index in [4.69, 9.17) is 0 Å². The fourth-order valence-corrected chi connectivity index (χ4v) is 17.4. The molecule has 0 spiro atoms. The Kier molecular flexibility index (Phi) is 26.1. The molecule has 0 saturated carbocycles. The zero-order chi connectivity index (χ0) is 73.1. The molecule has 6 aromatic heterocycles. The molecule has 0 bridgehead atoms. The van der Waals surface area contributed by atoms with Crippen LogP contribution in [0.2, 0.25) is 0 Å². The van der Waals surface area contributed by atoms with E-state index < -0.39 is 54.2 Å². The van der Waals surface area contributed by atoms with Crippen molar-refractivity contribution in [3.05, 3.63) is 181 Å². The van der Waals surface area contributed by atoms with Gasteiger partial charge in [-0.25, -0.2) is 24.9 Å². The fourth-order valence-electron chi connectivity index (χ4n) is 13.9. The van der Waals surface area contributed by atoms with Crippen LogP contribution in [-0.2, 0) is 48.0 Å². The molecule has 20 nitrogen and oxygen atoms in total. The van der Waals surface area contributed by atoms with Gasteiger partial charge in [0.2, 0.25) is 17.7 Å².